The summed E-state index contributed by atoms with van der Waals surface area (Å²) in [5.41, 5.74) is 0.914. The highest BCUT2D eigenvalue weighted by Gasteiger charge is 2.40. The Bertz CT molecular complexity index is 443. The third kappa shape index (κ3) is 2.12. The standard InChI is InChI=1S/C13H15BrN2O2/c14-10-1-3-11(4-2-10)16-12(8-18-13(16)17)9-5-6-15-7-9/h1-4,9,12,15H,5-8H2. The number of cyclic esters (lactones) is 1. The van der Waals surface area contributed by atoms with Gasteiger partial charge in [-0.15, -0.1) is 0 Å². The van der Waals surface area contributed by atoms with Crippen LogP contribution in [-0.2, 0) is 4.74 Å². The molecule has 2 saturated heterocycles. The van der Waals surface area contributed by atoms with Gasteiger partial charge in [0.15, 0.2) is 0 Å². The number of hydrogen-bond acceptors (Lipinski definition) is 3. The van der Waals surface area contributed by atoms with Crippen molar-refractivity contribution in [3.63, 3.8) is 0 Å². The van der Waals surface area contributed by atoms with Gasteiger partial charge in [-0.25, -0.2) is 4.79 Å². The Morgan fingerprint density at radius 3 is 2.78 bits per heavy atom. The van der Waals surface area contributed by atoms with Crippen LogP contribution in [0.2, 0.25) is 0 Å². The Labute approximate surface area is 114 Å². The molecule has 3 rings (SSSR count). The van der Waals surface area contributed by atoms with Crippen molar-refractivity contribution in [3.05, 3.63) is 28.7 Å². The molecule has 2 aliphatic rings. The topological polar surface area (TPSA) is 41.6 Å². The molecule has 2 fully saturated rings. The number of rotatable bonds is 2. The van der Waals surface area contributed by atoms with Crippen molar-refractivity contribution in [1.82, 2.24) is 5.32 Å². The number of nitrogens with one attached hydrogen (secondary N) is 1. The second-order valence-corrected chi connectivity index (χ2v) is 5.66. The molecular formula is C13H15BrN2O2. The van der Waals surface area contributed by atoms with Gasteiger partial charge >= 0.3 is 6.09 Å². The monoisotopic (exact) mass is 310 g/mol. The molecule has 0 aliphatic carbocycles. The number of carbonyl (C=O) groups is 1. The Hall–Kier alpha value is -1.07. The molecule has 0 radical (unpaired) electrons. The van der Waals surface area contributed by atoms with Crippen LogP contribution in [0.4, 0.5) is 10.5 Å². The number of carbonyl (C=O) groups excluding carboxylic acids is 1. The molecule has 0 bridgehead atoms. The first kappa shape index (κ1) is 12.0. The first-order valence-electron chi connectivity index (χ1n) is 6.18. The normalized spacial score (nSPS) is 27.6. The highest BCUT2D eigenvalue weighted by Crippen LogP contribution is 2.30. The fraction of sp³-hybridized carbons (Fsp3) is 0.462. The van der Waals surface area contributed by atoms with Crippen LogP contribution in [0.15, 0.2) is 28.7 Å². The minimum atomic E-state index is -0.228. The van der Waals surface area contributed by atoms with Gasteiger partial charge in [-0.3, -0.25) is 4.90 Å². The van der Waals surface area contributed by atoms with Gasteiger partial charge in [-0.1, -0.05) is 15.9 Å². The van der Waals surface area contributed by atoms with Gasteiger partial charge in [0.25, 0.3) is 0 Å². The third-order valence-electron chi connectivity index (χ3n) is 3.65. The summed E-state index contributed by atoms with van der Waals surface area (Å²) in [6.45, 7) is 2.50. The van der Waals surface area contributed by atoms with Crippen molar-refractivity contribution in [1.29, 1.82) is 0 Å². The Kier molecular flexibility index (Phi) is 3.26. The molecule has 5 heteroatoms. The fourth-order valence-corrected chi connectivity index (χ4v) is 2.95. The minimum Gasteiger partial charge on any atom is -0.447 e. The van der Waals surface area contributed by atoms with Crippen LogP contribution < -0.4 is 10.2 Å². The minimum absolute atomic E-state index is 0.161. The SMILES string of the molecule is O=C1OCC(C2CCNC2)N1c1ccc(Br)cc1. The van der Waals surface area contributed by atoms with Crippen molar-refractivity contribution >= 4 is 27.7 Å². The maximum absolute atomic E-state index is 11.9. The zero-order valence-corrected chi connectivity index (χ0v) is 11.5. The lowest BCUT2D eigenvalue weighted by Gasteiger charge is -2.25. The van der Waals surface area contributed by atoms with Crippen molar-refractivity contribution in [3.8, 4) is 0 Å². The van der Waals surface area contributed by atoms with Crippen molar-refractivity contribution < 1.29 is 9.53 Å². The van der Waals surface area contributed by atoms with Gasteiger partial charge in [0, 0.05) is 16.7 Å². The van der Waals surface area contributed by atoms with Crippen LogP contribution >= 0.6 is 15.9 Å². The molecule has 2 atom stereocenters. The first-order valence-corrected chi connectivity index (χ1v) is 6.97. The van der Waals surface area contributed by atoms with Crippen LogP contribution in [0.1, 0.15) is 6.42 Å². The van der Waals surface area contributed by atoms with E-state index >= 15 is 0 Å². The van der Waals surface area contributed by atoms with Gasteiger partial charge < -0.3 is 10.1 Å². The molecular weight excluding hydrogens is 296 g/mol. The highest BCUT2D eigenvalue weighted by atomic mass is 79.9. The molecule has 2 unspecified atom stereocenters. The quantitative estimate of drug-likeness (QED) is 0.912. The van der Waals surface area contributed by atoms with Crippen LogP contribution in [0.3, 0.4) is 0 Å². The Morgan fingerprint density at radius 1 is 1.33 bits per heavy atom. The van der Waals surface area contributed by atoms with E-state index in [2.05, 4.69) is 21.2 Å². The number of benzene rings is 1. The van der Waals surface area contributed by atoms with Crippen molar-refractivity contribution in [2.45, 2.75) is 12.5 Å². The van der Waals surface area contributed by atoms with Crippen molar-refractivity contribution in [2.24, 2.45) is 5.92 Å². The first-order chi connectivity index (χ1) is 8.75. The lowest BCUT2D eigenvalue weighted by atomic mass is 9.98. The molecule has 18 heavy (non-hydrogen) atoms. The summed E-state index contributed by atoms with van der Waals surface area (Å²) >= 11 is 3.41. The zero-order valence-electron chi connectivity index (χ0n) is 9.93. The highest BCUT2D eigenvalue weighted by molar-refractivity contribution is 9.10. The van der Waals surface area contributed by atoms with Crippen LogP contribution in [0.5, 0.6) is 0 Å². The molecule has 1 N–H and O–H groups in total. The zero-order chi connectivity index (χ0) is 12.5. The van der Waals surface area contributed by atoms with E-state index < -0.39 is 0 Å². The van der Waals surface area contributed by atoms with E-state index in [4.69, 9.17) is 4.74 Å². The predicted molar refractivity (Wildman–Crippen MR) is 72.7 cm³/mol. The largest absolute Gasteiger partial charge is 0.447 e. The van der Waals surface area contributed by atoms with Gasteiger partial charge in [0.05, 0.1) is 6.04 Å². The summed E-state index contributed by atoms with van der Waals surface area (Å²) in [7, 11) is 0. The molecule has 96 valence electrons. The van der Waals surface area contributed by atoms with E-state index in [1.807, 2.05) is 24.3 Å². The molecule has 0 aromatic heterocycles. The lowest BCUT2D eigenvalue weighted by molar-refractivity contribution is 0.176. The van der Waals surface area contributed by atoms with E-state index in [1.165, 1.54) is 0 Å². The number of ether oxygens (including phenoxy) is 1. The molecule has 2 heterocycles. The maximum atomic E-state index is 11.9. The van der Waals surface area contributed by atoms with E-state index in [9.17, 15) is 4.79 Å². The Balaban J connectivity index is 1.86. The predicted octanol–water partition coefficient (Wildman–Crippen LogP) is 2.38. The molecule has 1 aromatic rings. The number of hydrogen-bond donors (Lipinski definition) is 1. The third-order valence-corrected chi connectivity index (χ3v) is 4.18. The number of nitrogens with zero attached hydrogens (tertiary/aromatic N) is 1. The number of amides is 1. The van der Waals surface area contributed by atoms with Gasteiger partial charge in [-0.2, -0.15) is 0 Å². The fourth-order valence-electron chi connectivity index (χ4n) is 2.69. The number of anilines is 1. The summed E-state index contributed by atoms with van der Waals surface area (Å²) < 4.78 is 6.23. The maximum Gasteiger partial charge on any atom is 0.414 e. The lowest BCUT2D eigenvalue weighted by Crippen LogP contribution is -2.40. The van der Waals surface area contributed by atoms with E-state index in [0.717, 1.165) is 29.7 Å². The van der Waals surface area contributed by atoms with E-state index in [-0.39, 0.29) is 12.1 Å². The number of halogens is 1. The molecule has 1 amide bonds. The van der Waals surface area contributed by atoms with Gasteiger partial charge in [0.2, 0.25) is 0 Å². The van der Waals surface area contributed by atoms with Gasteiger partial charge in [0.1, 0.15) is 6.61 Å². The summed E-state index contributed by atoms with van der Waals surface area (Å²) in [5, 5.41) is 3.34. The summed E-state index contributed by atoms with van der Waals surface area (Å²) in [4.78, 5) is 13.7. The second kappa shape index (κ2) is 4.90. The van der Waals surface area contributed by atoms with E-state index in [0.29, 0.717) is 12.5 Å². The molecule has 4 nitrogen and oxygen atoms in total. The average molecular weight is 311 g/mol. The smallest absolute Gasteiger partial charge is 0.414 e. The Morgan fingerprint density at radius 2 is 2.11 bits per heavy atom. The second-order valence-electron chi connectivity index (χ2n) is 4.74. The van der Waals surface area contributed by atoms with E-state index in [1.54, 1.807) is 4.90 Å². The summed E-state index contributed by atoms with van der Waals surface area (Å²) in [6, 6.07) is 7.96. The van der Waals surface area contributed by atoms with Crippen LogP contribution in [-0.4, -0.2) is 31.8 Å². The van der Waals surface area contributed by atoms with Gasteiger partial charge in [-0.05, 0) is 43.1 Å². The molecule has 1 aromatic carbocycles. The molecule has 0 saturated carbocycles. The van der Waals surface area contributed by atoms with Crippen molar-refractivity contribution in [2.75, 3.05) is 24.6 Å². The van der Waals surface area contributed by atoms with Crippen LogP contribution in [0.25, 0.3) is 0 Å². The summed E-state index contributed by atoms with van der Waals surface area (Å²) in [5.74, 6) is 0.486. The molecule has 2 aliphatic heterocycles. The molecule has 0 spiro atoms. The average Bonchev–Trinajstić information content (AvgIpc) is 2.99. The summed E-state index contributed by atoms with van der Waals surface area (Å²) in [6.07, 6.45) is 0.878. The van der Waals surface area contributed by atoms with Crippen LogP contribution in [0, 0.1) is 5.92 Å².